The van der Waals surface area contributed by atoms with Gasteiger partial charge in [-0.05, 0) is 49.6 Å². The van der Waals surface area contributed by atoms with Gasteiger partial charge in [-0.3, -0.25) is 4.79 Å². The summed E-state index contributed by atoms with van der Waals surface area (Å²) in [7, 11) is 0. The van der Waals surface area contributed by atoms with E-state index in [1.807, 2.05) is 13.1 Å². The summed E-state index contributed by atoms with van der Waals surface area (Å²) in [6.45, 7) is 2.01. The Bertz CT molecular complexity index is 1050. The van der Waals surface area contributed by atoms with Gasteiger partial charge in [-0.2, -0.15) is 9.78 Å². The smallest absolute Gasteiger partial charge is 0.282 e. The molecule has 0 radical (unpaired) electrons. The van der Waals surface area contributed by atoms with Gasteiger partial charge in [0.15, 0.2) is 0 Å². The van der Waals surface area contributed by atoms with Crippen molar-refractivity contribution in [1.29, 1.82) is 0 Å². The number of aromatic nitrogens is 5. The first kappa shape index (κ1) is 16.6. The van der Waals surface area contributed by atoms with Crippen LogP contribution in [0.2, 0.25) is 5.02 Å². The number of rotatable bonds is 5. The van der Waals surface area contributed by atoms with E-state index in [-0.39, 0.29) is 5.56 Å². The van der Waals surface area contributed by atoms with Crippen LogP contribution in [0.25, 0.3) is 16.9 Å². The monoisotopic (exact) mass is 367 g/mol. The fourth-order valence-electron chi connectivity index (χ4n) is 3.14. The maximum absolute atomic E-state index is 12.8. The summed E-state index contributed by atoms with van der Waals surface area (Å²) in [6, 6.07) is 7.10. The molecule has 0 atom stereocenters. The van der Waals surface area contributed by atoms with E-state index in [9.17, 15) is 4.79 Å². The molecule has 2 N–H and O–H groups in total. The number of hydrogen-bond acceptors (Lipinski definition) is 3. The van der Waals surface area contributed by atoms with Crippen LogP contribution in [0.4, 0.5) is 0 Å². The first-order chi connectivity index (χ1) is 12.6. The molecular weight excluding hydrogens is 350 g/mol. The zero-order chi connectivity index (χ0) is 18.1. The van der Waals surface area contributed by atoms with Crippen LogP contribution >= 0.6 is 11.6 Å². The number of halogens is 1. The molecule has 0 fully saturated rings. The summed E-state index contributed by atoms with van der Waals surface area (Å²) < 4.78 is 1.43. The summed E-state index contributed by atoms with van der Waals surface area (Å²) in [4.78, 5) is 23.3. The number of benzene rings is 1. The third-order valence-electron chi connectivity index (χ3n) is 4.52. The first-order valence-corrected chi connectivity index (χ1v) is 8.85. The minimum absolute atomic E-state index is 0.133. The Kier molecular flexibility index (Phi) is 4.34. The highest BCUT2D eigenvalue weighted by molar-refractivity contribution is 6.30. The van der Waals surface area contributed by atoms with E-state index in [0.29, 0.717) is 16.3 Å². The van der Waals surface area contributed by atoms with E-state index in [4.69, 9.17) is 11.6 Å². The largest absolute Gasteiger partial charge is 0.364 e. The van der Waals surface area contributed by atoms with Gasteiger partial charge >= 0.3 is 0 Å². The number of H-pyrrole nitrogens is 2. The molecular formula is C19H18ClN5O. The molecule has 2 aliphatic rings. The Morgan fingerprint density at radius 3 is 2.69 bits per heavy atom. The van der Waals surface area contributed by atoms with Crippen LogP contribution < -0.4 is 5.56 Å². The number of pyridine rings is 1. The number of fused-ring (bicyclic) bond motifs is 1. The average molecular weight is 368 g/mol. The number of aryl methyl sites for hydroxylation is 2. The second kappa shape index (κ2) is 6.80. The fraction of sp³-hybridized carbons (Fsp3) is 0.211. The Hall–Kier alpha value is -2.86. The highest BCUT2D eigenvalue weighted by atomic mass is 35.5. The third-order valence-corrected chi connectivity index (χ3v) is 4.77. The van der Waals surface area contributed by atoms with Crippen molar-refractivity contribution in [2.45, 2.75) is 26.2 Å². The van der Waals surface area contributed by atoms with Crippen LogP contribution in [0, 0.1) is 6.92 Å². The van der Waals surface area contributed by atoms with Gasteiger partial charge in [0.1, 0.15) is 11.5 Å². The fourth-order valence-corrected chi connectivity index (χ4v) is 3.27. The second-order valence-corrected chi connectivity index (χ2v) is 6.67. The summed E-state index contributed by atoms with van der Waals surface area (Å²) in [5.41, 5.74) is 4.01. The molecule has 2 aromatic rings. The standard InChI is InChI=1S/C19H18ClN5O/c1-12-15(3-2-4-17-21-9-10-22-17)18-16(11-23-12)19(26)25(24-18)14-7-5-13(20)6-8-14/h5-11,23H,2-4H2,1H3,(H,21,22). The van der Waals surface area contributed by atoms with Crippen molar-refractivity contribution in [3.05, 3.63) is 75.3 Å². The average Bonchev–Trinajstić information content (AvgIpc) is 3.26. The van der Waals surface area contributed by atoms with E-state index in [1.165, 1.54) is 4.68 Å². The highest BCUT2D eigenvalue weighted by Gasteiger charge is 2.21. The van der Waals surface area contributed by atoms with Crippen molar-refractivity contribution in [2.24, 2.45) is 0 Å². The summed E-state index contributed by atoms with van der Waals surface area (Å²) in [6.07, 6.45) is 7.91. The van der Waals surface area contributed by atoms with Gasteiger partial charge in [0.25, 0.3) is 5.56 Å². The van der Waals surface area contributed by atoms with Crippen molar-refractivity contribution in [3.8, 4) is 16.9 Å². The van der Waals surface area contributed by atoms with Crippen LogP contribution in [0.15, 0.2) is 47.7 Å². The predicted molar refractivity (Wildman–Crippen MR) is 101 cm³/mol. The molecule has 1 aromatic carbocycles. The molecule has 0 saturated heterocycles. The topological polar surface area (TPSA) is 79.4 Å². The Morgan fingerprint density at radius 1 is 1.15 bits per heavy atom. The summed E-state index contributed by atoms with van der Waals surface area (Å²) >= 11 is 5.94. The molecule has 0 bridgehead atoms. The first-order valence-electron chi connectivity index (χ1n) is 8.47. The van der Waals surface area contributed by atoms with Crippen LogP contribution in [0.5, 0.6) is 0 Å². The summed E-state index contributed by atoms with van der Waals surface area (Å²) in [5, 5.41) is 5.23. The second-order valence-electron chi connectivity index (χ2n) is 6.24. The van der Waals surface area contributed by atoms with E-state index < -0.39 is 0 Å². The SMILES string of the molecule is Cc1[nH]cc2c(=O)n(-c3ccc(Cl)cc3)nc-2c1CCCc1ncc[nH]1. The lowest BCUT2D eigenvalue weighted by molar-refractivity contribution is 0.771. The molecule has 4 rings (SSSR count). The van der Waals surface area contributed by atoms with Crippen molar-refractivity contribution >= 4 is 11.6 Å². The molecule has 26 heavy (non-hydrogen) atoms. The van der Waals surface area contributed by atoms with Gasteiger partial charge in [0.05, 0.1) is 11.3 Å². The molecule has 132 valence electrons. The molecule has 3 heterocycles. The zero-order valence-electron chi connectivity index (χ0n) is 14.3. The lowest BCUT2D eigenvalue weighted by Crippen LogP contribution is -2.14. The normalized spacial score (nSPS) is 11.3. The lowest BCUT2D eigenvalue weighted by Gasteiger charge is -2.09. The zero-order valence-corrected chi connectivity index (χ0v) is 15.0. The quantitative estimate of drug-likeness (QED) is 0.566. The van der Waals surface area contributed by atoms with E-state index in [2.05, 4.69) is 20.1 Å². The Morgan fingerprint density at radius 2 is 1.96 bits per heavy atom. The lowest BCUT2D eigenvalue weighted by atomic mass is 10.0. The van der Waals surface area contributed by atoms with Gasteiger partial charge in [0, 0.05) is 35.7 Å². The van der Waals surface area contributed by atoms with Gasteiger partial charge in [-0.25, -0.2) is 4.98 Å². The summed E-state index contributed by atoms with van der Waals surface area (Å²) in [5.74, 6) is 0.968. The minimum Gasteiger partial charge on any atom is -0.364 e. The van der Waals surface area contributed by atoms with Crippen molar-refractivity contribution in [3.63, 3.8) is 0 Å². The van der Waals surface area contributed by atoms with Crippen LogP contribution in [-0.4, -0.2) is 24.7 Å². The van der Waals surface area contributed by atoms with Crippen LogP contribution in [-0.2, 0) is 12.8 Å². The molecule has 0 amide bonds. The van der Waals surface area contributed by atoms with Crippen molar-refractivity contribution in [1.82, 2.24) is 24.7 Å². The molecule has 2 aliphatic heterocycles. The Balaban J connectivity index is 1.69. The van der Waals surface area contributed by atoms with Gasteiger partial charge in [0.2, 0.25) is 0 Å². The van der Waals surface area contributed by atoms with Crippen LogP contribution in [0.3, 0.4) is 0 Å². The predicted octanol–water partition coefficient (Wildman–Crippen LogP) is 3.53. The number of aromatic amines is 2. The molecule has 0 saturated carbocycles. The van der Waals surface area contributed by atoms with E-state index >= 15 is 0 Å². The number of hydrogen-bond donors (Lipinski definition) is 2. The molecule has 6 nitrogen and oxygen atoms in total. The Labute approximate surface area is 155 Å². The maximum atomic E-state index is 12.8. The van der Waals surface area contributed by atoms with Gasteiger partial charge in [-0.1, -0.05) is 11.6 Å². The third kappa shape index (κ3) is 3.04. The van der Waals surface area contributed by atoms with E-state index in [1.54, 1.807) is 36.7 Å². The molecule has 0 spiro atoms. The molecule has 7 heteroatoms. The van der Waals surface area contributed by atoms with Gasteiger partial charge < -0.3 is 9.97 Å². The van der Waals surface area contributed by atoms with Crippen molar-refractivity contribution < 1.29 is 0 Å². The number of imidazole rings is 1. The molecule has 1 aromatic heterocycles. The molecule has 0 unspecified atom stereocenters. The molecule has 0 aliphatic carbocycles. The van der Waals surface area contributed by atoms with Gasteiger partial charge in [-0.15, -0.1) is 0 Å². The van der Waals surface area contributed by atoms with Crippen LogP contribution in [0.1, 0.15) is 23.5 Å². The maximum Gasteiger partial charge on any atom is 0.282 e. The van der Waals surface area contributed by atoms with Crippen molar-refractivity contribution in [2.75, 3.05) is 0 Å². The number of nitrogens with zero attached hydrogens (tertiary/aromatic N) is 3. The minimum atomic E-state index is -0.133. The highest BCUT2D eigenvalue weighted by Crippen LogP contribution is 2.25. The van der Waals surface area contributed by atoms with E-state index in [0.717, 1.165) is 42.0 Å². The number of nitrogens with one attached hydrogen (secondary N) is 2.